The summed E-state index contributed by atoms with van der Waals surface area (Å²) in [5, 5.41) is 3.67. The van der Waals surface area contributed by atoms with Gasteiger partial charge in [0.15, 0.2) is 5.96 Å². The predicted octanol–water partition coefficient (Wildman–Crippen LogP) is 3.20. The molecule has 0 radical (unpaired) electrons. The monoisotopic (exact) mass is 470 g/mol. The summed E-state index contributed by atoms with van der Waals surface area (Å²) in [6, 6.07) is 8.37. The number of nitrogens with zero attached hydrogens (tertiary/aromatic N) is 3. The van der Waals surface area contributed by atoms with Crippen LogP contribution in [0.15, 0.2) is 29.3 Å². The van der Waals surface area contributed by atoms with Crippen molar-refractivity contribution >= 4 is 35.6 Å². The van der Waals surface area contributed by atoms with Crippen LogP contribution in [0.2, 0.25) is 0 Å². The van der Waals surface area contributed by atoms with Crippen molar-refractivity contribution < 1.29 is 4.74 Å². The topological polar surface area (TPSA) is 40.1 Å². The summed E-state index contributed by atoms with van der Waals surface area (Å²) in [7, 11) is 3.62. The maximum Gasteiger partial charge on any atom is 0.193 e. The first kappa shape index (κ1) is 19.6. The van der Waals surface area contributed by atoms with Crippen LogP contribution in [0, 0.1) is 11.3 Å². The SMILES string of the molecule is CN=C(NCC1(C2CC2)CC1)N1CCN(c2ccc(OC)cc2)CC1.I. The molecule has 0 bridgehead atoms. The van der Waals surface area contributed by atoms with E-state index in [1.165, 1.54) is 31.4 Å². The van der Waals surface area contributed by atoms with Crippen LogP contribution in [-0.4, -0.2) is 57.7 Å². The van der Waals surface area contributed by atoms with E-state index in [2.05, 4.69) is 32.2 Å². The quantitative estimate of drug-likeness (QED) is 0.408. The third-order valence-electron chi connectivity index (χ3n) is 6.16. The average Bonchev–Trinajstić information content (AvgIpc) is 3.56. The number of rotatable bonds is 5. The first-order valence-electron chi connectivity index (χ1n) is 9.59. The summed E-state index contributed by atoms with van der Waals surface area (Å²) in [6.45, 7) is 5.20. The number of hydrogen-bond donors (Lipinski definition) is 1. The van der Waals surface area contributed by atoms with Crippen LogP contribution in [0.3, 0.4) is 0 Å². The Labute approximate surface area is 174 Å². The molecule has 0 unspecified atom stereocenters. The zero-order valence-corrected chi connectivity index (χ0v) is 18.2. The van der Waals surface area contributed by atoms with E-state index in [9.17, 15) is 0 Å². The molecule has 1 heterocycles. The van der Waals surface area contributed by atoms with Crippen molar-refractivity contribution in [2.75, 3.05) is 51.8 Å². The van der Waals surface area contributed by atoms with E-state index in [-0.39, 0.29) is 24.0 Å². The molecule has 26 heavy (non-hydrogen) atoms. The van der Waals surface area contributed by atoms with Crippen molar-refractivity contribution in [2.24, 2.45) is 16.3 Å². The lowest BCUT2D eigenvalue weighted by Crippen LogP contribution is -2.53. The second-order valence-electron chi connectivity index (χ2n) is 7.71. The molecular weight excluding hydrogens is 439 g/mol. The van der Waals surface area contributed by atoms with Crippen LogP contribution in [-0.2, 0) is 0 Å². The van der Waals surface area contributed by atoms with Crippen molar-refractivity contribution in [1.29, 1.82) is 0 Å². The van der Waals surface area contributed by atoms with Crippen molar-refractivity contribution in [3.8, 4) is 5.75 Å². The molecule has 1 aliphatic heterocycles. The molecule has 1 N–H and O–H groups in total. The minimum absolute atomic E-state index is 0. The number of nitrogens with one attached hydrogen (secondary N) is 1. The van der Waals surface area contributed by atoms with E-state index in [0.717, 1.165) is 50.4 Å². The molecule has 0 spiro atoms. The third-order valence-corrected chi connectivity index (χ3v) is 6.16. The molecule has 1 aromatic rings. The molecule has 2 saturated carbocycles. The van der Waals surface area contributed by atoms with Crippen molar-refractivity contribution in [3.63, 3.8) is 0 Å². The number of aliphatic imine (C=N–C) groups is 1. The van der Waals surface area contributed by atoms with Crippen LogP contribution in [0.4, 0.5) is 5.69 Å². The summed E-state index contributed by atoms with van der Waals surface area (Å²) < 4.78 is 5.25. The van der Waals surface area contributed by atoms with Gasteiger partial charge in [0, 0.05) is 45.5 Å². The zero-order chi connectivity index (χ0) is 17.3. The summed E-state index contributed by atoms with van der Waals surface area (Å²) in [5.41, 5.74) is 1.88. The van der Waals surface area contributed by atoms with E-state index in [1.807, 2.05) is 19.2 Å². The number of benzene rings is 1. The second kappa shape index (κ2) is 8.23. The fourth-order valence-corrected chi connectivity index (χ4v) is 4.14. The number of hydrogen-bond acceptors (Lipinski definition) is 3. The lowest BCUT2D eigenvalue weighted by Gasteiger charge is -2.38. The lowest BCUT2D eigenvalue weighted by molar-refractivity contribution is 0.359. The Morgan fingerprint density at radius 2 is 1.81 bits per heavy atom. The van der Waals surface area contributed by atoms with Gasteiger partial charge in [0.1, 0.15) is 5.75 Å². The van der Waals surface area contributed by atoms with Crippen LogP contribution in [0.25, 0.3) is 0 Å². The first-order valence-corrected chi connectivity index (χ1v) is 9.59. The van der Waals surface area contributed by atoms with Gasteiger partial charge in [-0.25, -0.2) is 0 Å². The maximum absolute atomic E-state index is 5.25. The van der Waals surface area contributed by atoms with Gasteiger partial charge in [0.05, 0.1) is 7.11 Å². The average molecular weight is 470 g/mol. The Morgan fingerprint density at radius 1 is 1.15 bits per heavy atom. The standard InChI is InChI=1S/C20H30N4O.HI/c1-21-19(22-15-20(9-10-20)16-3-4-16)24-13-11-23(12-14-24)17-5-7-18(25-2)8-6-17;/h5-8,16H,3-4,9-15H2,1-2H3,(H,21,22);1H. The van der Waals surface area contributed by atoms with Crippen LogP contribution < -0.4 is 15.0 Å². The van der Waals surface area contributed by atoms with Gasteiger partial charge in [-0.1, -0.05) is 0 Å². The van der Waals surface area contributed by atoms with Gasteiger partial charge < -0.3 is 19.9 Å². The van der Waals surface area contributed by atoms with Gasteiger partial charge in [-0.2, -0.15) is 0 Å². The fourth-order valence-electron chi connectivity index (χ4n) is 4.14. The number of piperazine rings is 1. The van der Waals surface area contributed by atoms with E-state index in [0.29, 0.717) is 5.41 Å². The van der Waals surface area contributed by atoms with E-state index >= 15 is 0 Å². The summed E-state index contributed by atoms with van der Waals surface area (Å²) in [5.74, 6) is 2.99. The van der Waals surface area contributed by atoms with Gasteiger partial charge >= 0.3 is 0 Å². The minimum Gasteiger partial charge on any atom is -0.497 e. The Bertz CT molecular complexity index is 617. The van der Waals surface area contributed by atoms with Crippen LogP contribution >= 0.6 is 24.0 Å². The molecule has 144 valence electrons. The molecule has 0 aromatic heterocycles. The second-order valence-corrected chi connectivity index (χ2v) is 7.71. The summed E-state index contributed by atoms with van der Waals surface area (Å²) in [4.78, 5) is 9.39. The van der Waals surface area contributed by atoms with Crippen molar-refractivity contribution in [3.05, 3.63) is 24.3 Å². The zero-order valence-electron chi connectivity index (χ0n) is 15.9. The van der Waals surface area contributed by atoms with Crippen molar-refractivity contribution in [1.82, 2.24) is 10.2 Å². The highest BCUT2D eigenvalue weighted by molar-refractivity contribution is 14.0. The fraction of sp³-hybridized carbons (Fsp3) is 0.650. The maximum atomic E-state index is 5.25. The van der Waals surface area contributed by atoms with Crippen molar-refractivity contribution in [2.45, 2.75) is 25.7 Å². The number of guanidine groups is 1. The molecule has 1 aromatic carbocycles. The van der Waals surface area contributed by atoms with E-state index in [1.54, 1.807) is 7.11 Å². The van der Waals surface area contributed by atoms with Gasteiger partial charge in [-0.15, -0.1) is 24.0 Å². The van der Waals surface area contributed by atoms with Gasteiger partial charge in [-0.05, 0) is 61.3 Å². The number of anilines is 1. The van der Waals surface area contributed by atoms with Gasteiger partial charge in [-0.3, -0.25) is 4.99 Å². The summed E-state index contributed by atoms with van der Waals surface area (Å²) >= 11 is 0. The molecular formula is C20H31IN4O. The smallest absolute Gasteiger partial charge is 0.193 e. The molecule has 3 fully saturated rings. The van der Waals surface area contributed by atoms with Gasteiger partial charge in [0.25, 0.3) is 0 Å². The Morgan fingerprint density at radius 3 is 2.31 bits per heavy atom. The summed E-state index contributed by atoms with van der Waals surface area (Å²) in [6.07, 6.45) is 5.71. The molecule has 5 nitrogen and oxygen atoms in total. The van der Waals surface area contributed by atoms with Crippen LogP contribution in [0.5, 0.6) is 5.75 Å². The number of methoxy groups -OCH3 is 1. The molecule has 4 rings (SSSR count). The number of halogens is 1. The Hall–Kier alpha value is -1.18. The molecule has 6 heteroatoms. The normalized spacial score (nSPS) is 21.8. The van der Waals surface area contributed by atoms with Gasteiger partial charge in [0.2, 0.25) is 0 Å². The highest BCUT2D eigenvalue weighted by Crippen LogP contribution is 2.60. The highest BCUT2D eigenvalue weighted by atomic mass is 127. The predicted molar refractivity (Wildman–Crippen MR) is 118 cm³/mol. The first-order chi connectivity index (χ1) is 12.2. The molecule has 0 amide bonds. The van der Waals surface area contributed by atoms with Crippen LogP contribution in [0.1, 0.15) is 25.7 Å². The number of ether oxygens (including phenoxy) is 1. The van der Waals surface area contributed by atoms with E-state index in [4.69, 9.17) is 4.74 Å². The molecule has 1 saturated heterocycles. The molecule has 3 aliphatic rings. The minimum atomic E-state index is 0. The molecule has 2 aliphatic carbocycles. The Kier molecular flexibility index (Phi) is 6.20. The largest absolute Gasteiger partial charge is 0.497 e. The molecule has 0 atom stereocenters. The Balaban J connectivity index is 0.00000196. The highest BCUT2D eigenvalue weighted by Gasteiger charge is 2.53. The van der Waals surface area contributed by atoms with E-state index < -0.39 is 0 Å². The lowest BCUT2D eigenvalue weighted by atomic mass is 10.0. The third kappa shape index (κ3) is 4.21.